The summed E-state index contributed by atoms with van der Waals surface area (Å²) >= 11 is 0. The Morgan fingerprint density at radius 3 is 2.57 bits per heavy atom. The Hall–Kier alpha value is -2.87. The number of unbranched alkanes of at least 4 members (excludes halogenated alkanes) is 1. The number of nitrogens with zero attached hydrogens (tertiary/aromatic N) is 2. The molecule has 0 radical (unpaired) electrons. The predicted molar refractivity (Wildman–Crippen MR) is 108 cm³/mol. The van der Waals surface area contributed by atoms with Crippen LogP contribution in [-0.4, -0.2) is 33.4 Å². The number of fused-ring (bicyclic) bond motifs is 1. The monoisotopic (exact) mass is 401 g/mol. The average molecular weight is 401 g/mol. The first kappa shape index (κ1) is 19.9. The molecule has 28 heavy (non-hydrogen) atoms. The minimum atomic E-state index is -4.08. The first-order valence-corrected chi connectivity index (χ1v) is 10.6. The molecular formula is C20H23N3O4S. The summed E-state index contributed by atoms with van der Waals surface area (Å²) in [5.74, 6) is -0.333. The first-order valence-electron chi connectivity index (χ1n) is 9.15. The van der Waals surface area contributed by atoms with Gasteiger partial charge in [-0.15, -0.1) is 0 Å². The lowest BCUT2D eigenvalue weighted by molar-refractivity contribution is -0.119. The van der Waals surface area contributed by atoms with Crippen molar-refractivity contribution in [2.75, 3.05) is 22.3 Å². The molecule has 7 nitrogen and oxygen atoms in total. The Bertz CT molecular complexity index is 1000. The van der Waals surface area contributed by atoms with Crippen LogP contribution in [0.5, 0.6) is 0 Å². The Morgan fingerprint density at radius 2 is 1.86 bits per heavy atom. The van der Waals surface area contributed by atoms with Gasteiger partial charge in [0.1, 0.15) is 11.4 Å². The number of benzene rings is 2. The summed E-state index contributed by atoms with van der Waals surface area (Å²) in [5.41, 5.74) is 1.28. The van der Waals surface area contributed by atoms with Crippen LogP contribution in [0.25, 0.3) is 0 Å². The zero-order valence-corrected chi connectivity index (χ0v) is 16.7. The number of nitrogens with one attached hydrogen (secondary N) is 1. The minimum Gasteiger partial charge on any atom is -0.355 e. The third-order valence-corrected chi connectivity index (χ3v) is 6.22. The summed E-state index contributed by atoms with van der Waals surface area (Å²) < 4.78 is 27.1. The quantitative estimate of drug-likeness (QED) is 0.754. The number of rotatable bonds is 6. The highest BCUT2D eigenvalue weighted by Gasteiger charge is 2.42. The third-order valence-electron chi connectivity index (χ3n) is 4.47. The van der Waals surface area contributed by atoms with Crippen LogP contribution in [-0.2, 0) is 14.8 Å². The summed E-state index contributed by atoms with van der Waals surface area (Å²) in [4.78, 5) is 26.7. The molecule has 0 bridgehead atoms. The number of para-hydroxylation sites is 1. The van der Waals surface area contributed by atoms with E-state index in [1.54, 1.807) is 30.3 Å². The van der Waals surface area contributed by atoms with E-state index in [0.29, 0.717) is 6.54 Å². The van der Waals surface area contributed by atoms with E-state index in [0.717, 1.165) is 22.7 Å². The lowest BCUT2D eigenvalue weighted by Gasteiger charge is -2.35. The highest BCUT2D eigenvalue weighted by atomic mass is 32.2. The fourth-order valence-corrected chi connectivity index (χ4v) is 4.66. The van der Waals surface area contributed by atoms with Crippen LogP contribution in [0, 0.1) is 6.92 Å². The summed E-state index contributed by atoms with van der Waals surface area (Å²) in [6.45, 7) is 4.09. The van der Waals surface area contributed by atoms with Crippen molar-refractivity contribution < 1.29 is 18.0 Å². The van der Waals surface area contributed by atoms with Crippen molar-refractivity contribution in [2.24, 2.45) is 0 Å². The lowest BCUT2D eigenvalue weighted by Crippen LogP contribution is -2.53. The molecule has 148 valence electrons. The van der Waals surface area contributed by atoms with Gasteiger partial charge in [0.2, 0.25) is 5.91 Å². The van der Waals surface area contributed by atoms with E-state index in [2.05, 4.69) is 5.32 Å². The number of carbonyl (C=O) groups is 2. The van der Waals surface area contributed by atoms with Gasteiger partial charge in [-0.1, -0.05) is 37.6 Å². The van der Waals surface area contributed by atoms with Gasteiger partial charge in [0.25, 0.3) is 10.0 Å². The topological polar surface area (TPSA) is 86.8 Å². The highest BCUT2D eigenvalue weighted by molar-refractivity contribution is 7.94. The molecule has 1 heterocycles. The molecule has 0 unspecified atom stereocenters. The summed E-state index contributed by atoms with van der Waals surface area (Å²) in [5, 5.41) is 2.77. The number of hydrogen-bond acceptors (Lipinski definition) is 4. The fraction of sp³-hybridized carbons (Fsp3) is 0.300. The standard InChI is InChI=1S/C20H23N3O4S/c1-3-4-12-21-19(24)14-22-17-10-5-6-11-18(17)28(26,27)23(20(22)25)16-9-7-8-15(2)13-16/h5-11,13H,3-4,12,14H2,1-2H3,(H,21,24). The van der Waals surface area contributed by atoms with Gasteiger partial charge in [-0.2, -0.15) is 4.31 Å². The van der Waals surface area contributed by atoms with Crippen LogP contribution >= 0.6 is 0 Å². The van der Waals surface area contributed by atoms with Crippen molar-refractivity contribution in [3.63, 3.8) is 0 Å². The van der Waals surface area contributed by atoms with E-state index in [4.69, 9.17) is 0 Å². The molecule has 1 aliphatic rings. The maximum atomic E-state index is 13.2. The van der Waals surface area contributed by atoms with Crippen molar-refractivity contribution in [1.82, 2.24) is 5.32 Å². The molecule has 8 heteroatoms. The maximum absolute atomic E-state index is 13.2. The van der Waals surface area contributed by atoms with Crippen molar-refractivity contribution in [1.29, 1.82) is 0 Å². The second-order valence-electron chi connectivity index (χ2n) is 6.65. The highest BCUT2D eigenvalue weighted by Crippen LogP contribution is 2.37. The molecule has 0 aromatic heterocycles. The van der Waals surface area contributed by atoms with Gasteiger partial charge in [0.15, 0.2) is 0 Å². The molecular weight excluding hydrogens is 378 g/mol. The molecule has 0 saturated carbocycles. The van der Waals surface area contributed by atoms with Crippen molar-refractivity contribution in [3.05, 3.63) is 54.1 Å². The van der Waals surface area contributed by atoms with Crippen LogP contribution in [0.2, 0.25) is 0 Å². The van der Waals surface area contributed by atoms with Crippen LogP contribution in [0.4, 0.5) is 16.2 Å². The SMILES string of the molecule is CCCCNC(=O)CN1C(=O)N(c2cccc(C)c2)S(=O)(=O)c2ccccc21. The summed E-state index contributed by atoms with van der Waals surface area (Å²) in [6, 6.07) is 12.2. The van der Waals surface area contributed by atoms with E-state index in [-0.39, 0.29) is 28.7 Å². The Labute approximate surface area is 165 Å². The van der Waals surface area contributed by atoms with Gasteiger partial charge < -0.3 is 5.32 Å². The number of anilines is 2. The first-order chi connectivity index (χ1) is 13.4. The molecule has 3 amide bonds. The van der Waals surface area contributed by atoms with Crippen molar-refractivity contribution in [2.45, 2.75) is 31.6 Å². The van der Waals surface area contributed by atoms with E-state index < -0.39 is 16.1 Å². The maximum Gasteiger partial charge on any atom is 0.343 e. The second-order valence-corrected chi connectivity index (χ2v) is 8.40. The number of carbonyl (C=O) groups excluding carboxylic acids is 2. The molecule has 1 aliphatic heterocycles. The van der Waals surface area contributed by atoms with Crippen LogP contribution in [0.15, 0.2) is 53.4 Å². The molecule has 1 N–H and O–H groups in total. The molecule has 3 rings (SSSR count). The van der Waals surface area contributed by atoms with E-state index >= 15 is 0 Å². The average Bonchev–Trinajstić information content (AvgIpc) is 2.65. The Kier molecular flexibility index (Phi) is 5.69. The van der Waals surface area contributed by atoms with Crippen LogP contribution < -0.4 is 14.5 Å². The molecule has 2 aromatic rings. The van der Waals surface area contributed by atoms with Crippen molar-refractivity contribution >= 4 is 33.3 Å². The molecule has 0 saturated heterocycles. The van der Waals surface area contributed by atoms with E-state index in [9.17, 15) is 18.0 Å². The minimum absolute atomic E-state index is 0.00235. The number of amides is 3. The number of hydrogen-bond donors (Lipinski definition) is 1. The van der Waals surface area contributed by atoms with Gasteiger partial charge in [0, 0.05) is 6.54 Å². The van der Waals surface area contributed by atoms with Crippen LogP contribution in [0.3, 0.4) is 0 Å². The van der Waals surface area contributed by atoms with Gasteiger partial charge in [-0.3, -0.25) is 9.69 Å². The molecule has 0 atom stereocenters. The summed E-state index contributed by atoms with van der Waals surface area (Å²) in [7, 11) is -4.08. The smallest absolute Gasteiger partial charge is 0.343 e. The molecule has 0 fully saturated rings. The Balaban J connectivity index is 2.03. The number of aryl methyl sites for hydroxylation is 1. The van der Waals surface area contributed by atoms with Crippen molar-refractivity contribution in [3.8, 4) is 0 Å². The lowest BCUT2D eigenvalue weighted by atomic mass is 10.2. The third kappa shape index (κ3) is 3.73. The zero-order chi connectivity index (χ0) is 20.3. The van der Waals surface area contributed by atoms with E-state index in [1.807, 2.05) is 19.9 Å². The molecule has 0 aliphatic carbocycles. The van der Waals surface area contributed by atoms with Crippen LogP contribution in [0.1, 0.15) is 25.3 Å². The predicted octanol–water partition coefficient (Wildman–Crippen LogP) is 3.05. The number of urea groups is 1. The fourth-order valence-electron chi connectivity index (χ4n) is 3.07. The second kappa shape index (κ2) is 8.02. The number of sulfonamides is 1. The largest absolute Gasteiger partial charge is 0.355 e. The van der Waals surface area contributed by atoms with E-state index in [1.165, 1.54) is 17.0 Å². The van der Waals surface area contributed by atoms with Gasteiger partial charge in [0.05, 0.1) is 11.4 Å². The molecule has 0 spiro atoms. The van der Waals surface area contributed by atoms with Gasteiger partial charge >= 0.3 is 6.03 Å². The summed E-state index contributed by atoms with van der Waals surface area (Å²) in [6.07, 6.45) is 1.77. The zero-order valence-electron chi connectivity index (χ0n) is 15.9. The normalized spacial score (nSPS) is 15.3. The molecule has 2 aromatic carbocycles. The van der Waals surface area contributed by atoms with Gasteiger partial charge in [-0.05, 0) is 43.2 Å². The Morgan fingerprint density at radius 1 is 1.11 bits per heavy atom. The van der Waals surface area contributed by atoms with Gasteiger partial charge in [-0.25, -0.2) is 13.2 Å².